The minimum atomic E-state index is -0.480. The Morgan fingerprint density at radius 2 is 2.08 bits per heavy atom. The SMILES string of the molecule is Cc1ccc(C(=O)NCc2ccco2)c(=O)n1-c1cccc(C#N)c1. The lowest BCUT2D eigenvalue weighted by molar-refractivity contribution is 0.0946. The number of aryl methyl sites for hydroxylation is 1. The van der Waals surface area contributed by atoms with E-state index >= 15 is 0 Å². The highest BCUT2D eigenvalue weighted by Gasteiger charge is 2.15. The van der Waals surface area contributed by atoms with Crippen LogP contribution in [0, 0.1) is 18.3 Å². The summed E-state index contributed by atoms with van der Waals surface area (Å²) < 4.78 is 6.58. The quantitative estimate of drug-likeness (QED) is 0.795. The van der Waals surface area contributed by atoms with Gasteiger partial charge in [0.2, 0.25) is 0 Å². The molecule has 2 heterocycles. The average Bonchev–Trinajstić information content (AvgIpc) is 3.13. The number of hydrogen-bond acceptors (Lipinski definition) is 4. The van der Waals surface area contributed by atoms with Gasteiger partial charge in [0, 0.05) is 5.69 Å². The maximum atomic E-state index is 12.8. The van der Waals surface area contributed by atoms with E-state index in [2.05, 4.69) is 5.32 Å². The van der Waals surface area contributed by atoms with Crippen molar-refractivity contribution in [2.45, 2.75) is 13.5 Å². The number of amides is 1. The maximum Gasteiger partial charge on any atom is 0.268 e. The molecule has 1 amide bonds. The van der Waals surface area contributed by atoms with Crippen molar-refractivity contribution in [2.75, 3.05) is 0 Å². The average molecular weight is 333 g/mol. The molecule has 0 atom stereocenters. The molecule has 0 aliphatic carbocycles. The Kier molecular flexibility index (Phi) is 4.48. The molecule has 3 rings (SSSR count). The van der Waals surface area contributed by atoms with Crippen LogP contribution < -0.4 is 10.9 Å². The highest BCUT2D eigenvalue weighted by Crippen LogP contribution is 2.11. The number of nitrogens with one attached hydrogen (secondary N) is 1. The largest absolute Gasteiger partial charge is 0.467 e. The van der Waals surface area contributed by atoms with Gasteiger partial charge in [-0.25, -0.2) is 0 Å². The van der Waals surface area contributed by atoms with Gasteiger partial charge in [0.15, 0.2) is 0 Å². The summed E-state index contributed by atoms with van der Waals surface area (Å²) in [6, 6.07) is 15.4. The first kappa shape index (κ1) is 16.3. The second kappa shape index (κ2) is 6.89. The van der Waals surface area contributed by atoms with Crippen molar-refractivity contribution in [1.29, 1.82) is 5.26 Å². The molecule has 124 valence electrons. The van der Waals surface area contributed by atoms with Crippen molar-refractivity contribution in [3.8, 4) is 11.8 Å². The molecule has 6 nitrogen and oxygen atoms in total. The van der Waals surface area contributed by atoms with Gasteiger partial charge < -0.3 is 9.73 Å². The van der Waals surface area contributed by atoms with Gasteiger partial charge in [-0.2, -0.15) is 5.26 Å². The maximum absolute atomic E-state index is 12.8. The first-order valence-electron chi connectivity index (χ1n) is 7.64. The number of aromatic nitrogens is 1. The normalized spacial score (nSPS) is 10.2. The Bertz CT molecular complexity index is 1010. The van der Waals surface area contributed by atoms with Crippen LogP contribution in [0.1, 0.15) is 27.4 Å². The van der Waals surface area contributed by atoms with E-state index in [1.807, 2.05) is 6.07 Å². The van der Waals surface area contributed by atoms with Gasteiger partial charge in [-0.05, 0) is 49.4 Å². The predicted molar refractivity (Wildman–Crippen MR) is 91.4 cm³/mol. The van der Waals surface area contributed by atoms with Crippen molar-refractivity contribution in [2.24, 2.45) is 0 Å². The molecule has 25 heavy (non-hydrogen) atoms. The molecular weight excluding hydrogens is 318 g/mol. The number of hydrogen-bond donors (Lipinski definition) is 1. The zero-order chi connectivity index (χ0) is 17.8. The van der Waals surface area contributed by atoms with Crippen LogP contribution in [-0.2, 0) is 6.54 Å². The Balaban J connectivity index is 1.95. The number of benzene rings is 1. The third-order valence-electron chi connectivity index (χ3n) is 3.76. The molecule has 0 radical (unpaired) electrons. The molecule has 0 aliphatic heterocycles. The van der Waals surface area contributed by atoms with Crippen LogP contribution in [0.3, 0.4) is 0 Å². The smallest absolute Gasteiger partial charge is 0.268 e. The van der Waals surface area contributed by atoms with E-state index < -0.39 is 11.5 Å². The summed E-state index contributed by atoms with van der Waals surface area (Å²) in [6.07, 6.45) is 1.52. The molecular formula is C19H15N3O3. The fourth-order valence-corrected chi connectivity index (χ4v) is 2.51. The number of carbonyl (C=O) groups excluding carboxylic acids is 1. The molecule has 0 saturated heterocycles. The van der Waals surface area contributed by atoms with E-state index in [1.54, 1.807) is 49.4 Å². The second-order valence-corrected chi connectivity index (χ2v) is 5.45. The topological polar surface area (TPSA) is 88.0 Å². The standard InChI is InChI=1S/C19H15N3O3/c1-13-7-8-17(18(23)21-12-16-6-3-9-25-16)19(24)22(13)15-5-2-4-14(10-15)11-20/h2-10H,12H2,1H3,(H,21,23). The van der Waals surface area contributed by atoms with Gasteiger partial charge in [0.05, 0.1) is 30.1 Å². The Morgan fingerprint density at radius 3 is 2.80 bits per heavy atom. The van der Waals surface area contributed by atoms with E-state index in [1.165, 1.54) is 16.9 Å². The van der Waals surface area contributed by atoms with E-state index in [0.29, 0.717) is 22.7 Å². The highest BCUT2D eigenvalue weighted by molar-refractivity contribution is 5.93. The summed E-state index contributed by atoms with van der Waals surface area (Å²) in [7, 11) is 0. The molecule has 0 saturated carbocycles. The lowest BCUT2D eigenvalue weighted by Gasteiger charge is -2.12. The van der Waals surface area contributed by atoms with Crippen molar-refractivity contribution in [3.05, 3.63) is 87.7 Å². The van der Waals surface area contributed by atoms with Crippen molar-refractivity contribution in [3.63, 3.8) is 0 Å². The van der Waals surface area contributed by atoms with Gasteiger partial charge >= 0.3 is 0 Å². The molecule has 1 N–H and O–H groups in total. The third kappa shape index (κ3) is 3.35. The predicted octanol–water partition coefficient (Wildman–Crippen LogP) is 2.54. The lowest BCUT2D eigenvalue weighted by atomic mass is 10.1. The summed E-state index contributed by atoms with van der Waals surface area (Å²) in [5.41, 5.74) is 1.24. The number of carbonyl (C=O) groups is 1. The molecule has 6 heteroatoms. The Hall–Kier alpha value is -3.59. The molecule has 0 fully saturated rings. The molecule has 0 aliphatic rings. The van der Waals surface area contributed by atoms with Gasteiger partial charge in [0.25, 0.3) is 11.5 Å². The number of rotatable bonds is 4. The zero-order valence-electron chi connectivity index (χ0n) is 13.5. The highest BCUT2D eigenvalue weighted by atomic mass is 16.3. The van der Waals surface area contributed by atoms with Gasteiger partial charge in [-0.3, -0.25) is 14.2 Å². The summed E-state index contributed by atoms with van der Waals surface area (Å²) in [5, 5.41) is 11.7. The fraction of sp³-hybridized carbons (Fsp3) is 0.105. The van der Waals surface area contributed by atoms with Gasteiger partial charge in [-0.1, -0.05) is 6.07 Å². The van der Waals surface area contributed by atoms with Crippen LogP contribution in [0.4, 0.5) is 0 Å². The van der Waals surface area contributed by atoms with Gasteiger partial charge in [0.1, 0.15) is 11.3 Å². The minimum Gasteiger partial charge on any atom is -0.467 e. The summed E-state index contributed by atoms with van der Waals surface area (Å²) in [6.45, 7) is 1.97. The third-order valence-corrected chi connectivity index (χ3v) is 3.76. The van der Waals surface area contributed by atoms with E-state index in [4.69, 9.17) is 9.68 Å². The molecule has 0 spiro atoms. The lowest BCUT2D eigenvalue weighted by Crippen LogP contribution is -2.32. The molecule has 0 bridgehead atoms. The number of pyridine rings is 1. The minimum absolute atomic E-state index is 0.0273. The molecule has 0 unspecified atom stereocenters. The van der Waals surface area contributed by atoms with E-state index in [-0.39, 0.29) is 12.1 Å². The Labute approximate surface area is 143 Å². The molecule has 3 aromatic rings. The first-order chi connectivity index (χ1) is 12.1. The van der Waals surface area contributed by atoms with Crippen LogP contribution in [0.25, 0.3) is 5.69 Å². The van der Waals surface area contributed by atoms with E-state index in [0.717, 1.165) is 0 Å². The van der Waals surface area contributed by atoms with Crippen molar-refractivity contribution >= 4 is 5.91 Å². The van der Waals surface area contributed by atoms with Gasteiger partial charge in [-0.15, -0.1) is 0 Å². The summed E-state index contributed by atoms with van der Waals surface area (Å²) in [4.78, 5) is 25.1. The number of nitriles is 1. The van der Waals surface area contributed by atoms with Crippen molar-refractivity contribution in [1.82, 2.24) is 9.88 Å². The van der Waals surface area contributed by atoms with Crippen molar-refractivity contribution < 1.29 is 9.21 Å². The molecule has 2 aromatic heterocycles. The van der Waals surface area contributed by atoms with Crippen LogP contribution in [0.15, 0.2) is 64.0 Å². The van der Waals surface area contributed by atoms with Crippen LogP contribution >= 0.6 is 0 Å². The fourth-order valence-electron chi connectivity index (χ4n) is 2.51. The monoisotopic (exact) mass is 333 g/mol. The summed E-state index contributed by atoms with van der Waals surface area (Å²) in [5.74, 6) is 0.120. The van der Waals surface area contributed by atoms with Crippen LogP contribution in [0.5, 0.6) is 0 Å². The second-order valence-electron chi connectivity index (χ2n) is 5.45. The van der Waals surface area contributed by atoms with Crippen LogP contribution in [-0.4, -0.2) is 10.5 Å². The molecule has 1 aromatic carbocycles. The first-order valence-corrected chi connectivity index (χ1v) is 7.64. The van der Waals surface area contributed by atoms with Crippen LogP contribution in [0.2, 0.25) is 0 Å². The number of nitrogens with zero attached hydrogens (tertiary/aromatic N) is 2. The zero-order valence-corrected chi connectivity index (χ0v) is 13.5. The van der Waals surface area contributed by atoms with E-state index in [9.17, 15) is 9.59 Å². The summed E-state index contributed by atoms with van der Waals surface area (Å²) >= 11 is 0. The number of furan rings is 1. The Morgan fingerprint density at radius 1 is 1.24 bits per heavy atom.